The second-order valence-electron chi connectivity index (χ2n) is 3.53. The molecule has 0 atom stereocenters. The van der Waals surface area contributed by atoms with Crippen LogP contribution in [0.4, 0.5) is 5.82 Å². The van der Waals surface area contributed by atoms with Gasteiger partial charge < -0.3 is 0 Å². The van der Waals surface area contributed by atoms with Crippen LogP contribution in [-0.2, 0) is 10.0 Å². The first-order chi connectivity index (χ1) is 8.40. The van der Waals surface area contributed by atoms with E-state index in [1.165, 1.54) is 12.3 Å². The molecule has 1 aliphatic heterocycles. The SMILES string of the molecule is O=S1(=O)CCCN1c1ncc([I-][NH+]([O-])[O-])cc1Cl. The molecule has 1 aromatic rings. The summed E-state index contributed by atoms with van der Waals surface area (Å²) in [7, 11) is -3.33. The molecule has 102 valence electrons. The van der Waals surface area contributed by atoms with Gasteiger partial charge in [0.05, 0.1) is 0 Å². The van der Waals surface area contributed by atoms with Crippen LogP contribution in [-0.4, -0.2) is 25.7 Å². The molecular formula is C8H9ClIN3O4S-2. The number of sulfonamides is 1. The summed E-state index contributed by atoms with van der Waals surface area (Å²) in [5, 5.41) is 21.1. The number of nitrogens with one attached hydrogen (secondary N) is 1. The molecule has 2 rings (SSSR count). The van der Waals surface area contributed by atoms with Gasteiger partial charge in [0, 0.05) is 0 Å². The standard InChI is InChI=1S/C8H9ClIN3O4S/c9-7-4-6(10-13(14)15)5-11-8(7)12-2-1-3-18(12,16)17/h4-5,13H,1-3H2/q-2. The molecule has 0 spiro atoms. The van der Waals surface area contributed by atoms with Gasteiger partial charge in [0.1, 0.15) is 0 Å². The Bertz CT molecular complexity index is 553. The molecule has 0 unspecified atom stereocenters. The van der Waals surface area contributed by atoms with Crippen molar-refractivity contribution < 1.29 is 33.3 Å². The summed E-state index contributed by atoms with van der Waals surface area (Å²) in [6.45, 7) is 0.351. The first-order valence-electron chi connectivity index (χ1n) is 4.92. The zero-order chi connectivity index (χ0) is 13.3. The quantitative estimate of drug-likeness (QED) is 0.317. The van der Waals surface area contributed by atoms with Crippen LogP contribution in [0.5, 0.6) is 0 Å². The molecule has 0 bridgehead atoms. The molecule has 0 amide bonds. The first kappa shape index (κ1) is 14.2. The van der Waals surface area contributed by atoms with Crippen LogP contribution in [0, 0.1) is 14.0 Å². The molecular weight excluding hydrogens is 397 g/mol. The Morgan fingerprint density at radius 1 is 1.50 bits per heavy atom. The summed E-state index contributed by atoms with van der Waals surface area (Å²) in [6, 6.07) is 1.45. The van der Waals surface area contributed by atoms with E-state index in [1.807, 2.05) is 0 Å². The third kappa shape index (κ3) is 3.03. The van der Waals surface area contributed by atoms with E-state index in [4.69, 9.17) is 11.6 Å². The number of nitrogens with zero attached hydrogens (tertiary/aromatic N) is 2. The minimum atomic E-state index is -3.33. The Labute approximate surface area is 120 Å². The van der Waals surface area contributed by atoms with Crippen molar-refractivity contribution in [3.8, 4) is 0 Å². The van der Waals surface area contributed by atoms with Crippen molar-refractivity contribution in [1.29, 1.82) is 0 Å². The van der Waals surface area contributed by atoms with Gasteiger partial charge in [-0.15, -0.1) is 0 Å². The van der Waals surface area contributed by atoms with Crippen molar-refractivity contribution in [2.75, 3.05) is 16.6 Å². The van der Waals surface area contributed by atoms with Crippen molar-refractivity contribution in [1.82, 2.24) is 4.98 Å². The van der Waals surface area contributed by atoms with Gasteiger partial charge in [-0.3, -0.25) is 0 Å². The number of pyridine rings is 1. The van der Waals surface area contributed by atoms with Gasteiger partial charge in [-0.1, -0.05) is 0 Å². The molecule has 7 nitrogen and oxygen atoms in total. The molecule has 1 fully saturated rings. The Hall–Kier alpha value is -0.200. The van der Waals surface area contributed by atoms with Crippen LogP contribution in [0.2, 0.25) is 5.02 Å². The summed E-state index contributed by atoms with van der Waals surface area (Å²) in [5.74, 6) is 0.249. The fourth-order valence-corrected chi connectivity index (χ4v) is 4.90. The maximum absolute atomic E-state index is 11.7. The van der Waals surface area contributed by atoms with Gasteiger partial charge >= 0.3 is 120 Å². The Balaban J connectivity index is 2.30. The number of anilines is 1. The van der Waals surface area contributed by atoms with E-state index in [-0.39, 0.29) is 16.6 Å². The second-order valence-corrected chi connectivity index (χ2v) is 8.62. The van der Waals surface area contributed by atoms with E-state index in [1.54, 1.807) is 0 Å². The van der Waals surface area contributed by atoms with Gasteiger partial charge in [0.2, 0.25) is 0 Å². The average molecular weight is 406 g/mol. The molecule has 1 N–H and O–H groups in total. The zero-order valence-corrected chi connectivity index (χ0v) is 12.7. The third-order valence-electron chi connectivity index (χ3n) is 2.31. The third-order valence-corrected chi connectivity index (χ3v) is 6.07. The maximum atomic E-state index is 11.7. The summed E-state index contributed by atoms with van der Waals surface area (Å²) >= 11 is 4.65. The molecule has 18 heavy (non-hydrogen) atoms. The molecule has 10 heteroatoms. The number of aromatic nitrogens is 1. The van der Waals surface area contributed by atoms with Crippen LogP contribution in [0.25, 0.3) is 0 Å². The minimum absolute atomic E-state index is 0.0821. The van der Waals surface area contributed by atoms with Crippen LogP contribution < -0.4 is 29.2 Å². The Kier molecular flexibility index (Phi) is 4.29. The van der Waals surface area contributed by atoms with Crippen LogP contribution in [0.15, 0.2) is 12.3 Å². The fourth-order valence-electron chi connectivity index (χ4n) is 1.61. The summed E-state index contributed by atoms with van der Waals surface area (Å²) < 4.78 is 23.9. The van der Waals surface area contributed by atoms with Crippen LogP contribution >= 0.6 is 11.6 Å². The molecule has 1 aromatic heterocycles. The monoisotopic (exact) mass is 405 g/mol. The van der Waals surface area contributed by atoms with Gasteiger partial charge in [-0.25, -0.2) is 0 Å². The van der Waals surface area contributed by atoms with Crippen molar-refractivity contribution in [2.24, 2.45) is 0 Å². The summed E-state index contributed by atoms with van der Waals surface area (Å²) in [6.07, 6.45) is 1.88. The predicted molar refractivity (Wildman–Crippen MR) is 61.4 cm³/mol. The molecule has 0 radical (unpaired) electrons. The van der Waals surface area contributed by atoms with Crippen molar-refractivity contribution in [3.63, 3.8) is 0 Å². The molecule has 2 heterocycles. The van der Waals surface area contributed by atoms with E-state index in [0.29, 0.717) is 16.5 Å². The van der Waals surface area contributed by atoms with E-state index < -0.39 is 34.9 Å². The number of halogens is 2. The zero-order valence-electron chi connectivity index (χ0n) is 8.97. The Morgan fingerprint density at radius 3 is 2.72 bits per heavy atom. The van der Waals surface area contributed by atoms with Gasteiger partial charge in [-0.2, -0.15) is 0 Å². The van der Waals surface area contributed by atoms with Crippen molar-refractivity contribution in [2.45, 2.75) is 6.42 Å². The molecule has 0 saturated carbocycles. The molecule has 1 saturated heterocycles. The van der Waals surface area contributed by atoms with Gasteiger partial charge in [0.25, 0.3) is 0 Å². The number of hydrogen-bond donors (Lipinski definition) is 1. The van der Waals surface area contributed by atoms with E-state index in [9.17, 15) is 18.8 Å². The van der Waals surface area contributed by atoms with Crippen molar-refractivity contribution >= 4 is 27.4 Å². The average Bonchev–Trinajstić information content (AvgIpc) is 2.57. The van der Waals surface area contributed by atoms with Crippen LogP contribution in [0.3, 0.4) is 0 Å². The van der Waals surface area contributed by atoms with Gasteiger partial charge in [0.15, 0.2) is 0 Å². The van der Waals surface area contributed by atoms with Crippen molar-refractivity contribution in [3.05, 3.63) is 31.3 Å². The van der Waals surface area contributed by atoms with Gasteiger partial charge in [-0.05, 0) is 0 Å². The number of hydrogen-bond acceptors (Lipinski definition) is 5. The van der Waals surface area contributed by atoms with E-state index in [2.05, 4.69) is 4.98 Å². The Morgan fingerprint density at radius 2 is 2.22 bits per heavy atom. The second kappa shape index (κ2) is 5.43. The number of rotatable bonds is 3. The van der Waals surface area contributed by atoms with E-state index in [0.717, 1.165) is 4.31 Å². The summed E-state index contributed by atoms with van der Waals surface area (Å²) in [5.41, 5.74) is 0. The first-order valence-corrected chi connectivity index (χ1v) is 9.06. The molecule has 0 aromatic carbocycles. The normalized spacial score (nSPS) is 18.8. The van der Waals surface area contributed by atoms with E-state index >= 15 is 0 Å². The number of quaternary nitrogens is 1. The fraction of sp³-hybridized carbons (Fsp3) is 0.375. The summed E-state index contributed by atoms with van der Waals surface area (Å²) in [4.78, 5) is 3.96. The predicted octanol–water partition coefficient (Wildman–Crippen LogP) is -3.67. The molecule has 1 aliphatic rings. The molecule has 0 aliphatic carbocycles. The van der Waals surface area contributed by atoms with Crippen LogP contribution in [0.1, 0.15) is 6.42 Å². The topological polar surface area (TPSA) is 101 Å².